The van der Waals surface area contributed by atoms with Gasteiger partial charge in [-0.3, -0.25) is 4.79 Å². The van der Waals surface area contributed by atoms with Gasteiger partial charge in [0.05, 0.1) is 10.6 Å². The Labute approximate surface area is 150 Å². The van der Waals surface area contributed by atoms with E-state index in [9.17, 15) is 4.79 Å². The van der Waals surface area contributed by atoms with Crippen molar-refractivity contribution in [2.45, 2.75) is 25.9 Å². The zero-order valence-corrected chi connectivity index (χ0v) is 15.1. The molecule has 1 heterocycles. The van der Waals surface area contributed by atoms with Crippen LogP contribution in [0.1, 0.15) is 28.8 Å². The zero-order chi connectivity index (χ0) is 16.9. The number of carbonyl (C=O) groups excluding carboxylic acids is 1. The Bertz CT molecular complexity index is 709. The number of anilines is 1. The van der Waals surface area contributed by atoms with Gasteiger partial charge in [0, 0.05) is 17.9 Å². The number of hydrogen-bond acceptors (Lipinski definition) is 3. The maximum Gasteiger partial charge on any atom is 0.255 e. The number of amides is 1. The van der Waals surface area contributed by atoms with Crippen molar-refractivity contribution in [3.8, 4) is 5.75 Å². The Morgan fingerprint density at radius 2 is 2.08 bits per heavy atom. The highest BCUT2D eigenvalue weighted by Gasteiger charge is 2.17. The molecule has 5 heteroatoms. The molecule has 1 fully saturated rings. The summed E-state index contributed by atoms with van der Waals surface area (Å²) in [7, 11) is 0. The number of halogens is 1. The predicted molar refractivity (Wildman–Crippen MR) is 97.7 cm³/mol. The minimum Gasteiger partial charge on any atom is -0.490 e. The molecule has 0 aliphatic carbocycles. The van der Waals surface area contributed by atoms with Crippen molar-refractivity contribution in [1.29, 1.82) is 0 Å². The van der Waals surface area contributed by atoms with E-state index in [-0.39, 0.29) is 12.0 Å². The number of benzene rings is 2. The molecule has 1 saturated heterocycles. The van der Waals surface area contributed by atoms with E-state index in [2.05, 4.69) is 21.2 Å². The lowest BCUT2D eigenvalue weighted by Crippen LogP contribution is -2.16. The number of carbonyl (C=O) groups is 1. The van der Waals surface area contributed by atoms with Crippen LogP contribution in [-0.2, 0) is 4.74 Å². The lowest BCUT2D eigenvalue weighted by atomic mass is 10.2. The van der Waals surface area contributed by atoms with Gasteiger partial charge in [-0.2, -0.15) is 0 Å². The summed E-state index contributed by atoms with van der Waals surface area (Å²) >= 11 is 3.47. The van der Waals surface area contributed by atoms with Gasteiger partial charge in [0.1, 0.15) is 12.4 Å². The first-order valence-electron chi connectivity index (χ1n) is 8.04. The maximum absolute atomic E-state index is 12.3. The van der Waals surface area contributed by atoms with Crippen molar-refractivity contribution in [3.05, 3.63) is 58.1 Å². The van der Waals surface area contributed by atoms with Crippen LogP contribution in [0.25, 0.3) is 0 Å². The normalized spacial score (nSPS) is 16.8. The molecule has 126 valence electrons. The van der Waals surface area contributed by atoms with Crippen molar-refractivity contribution in [1.82, 2.24) is 0 Å². The standard InChI is InChI=1S/C19H20BrNO3/c1-13-4-7-15(8-5-13)21-19(22)14-6-9-18(17(20)11-14)24-12-16-3-2-10-23-16/h4-9,11,16H,2-3,10,12H2,1H3,(H,21,22). The monoisotopic (exact) mass is 389 g/mol. The van der Waals surface area contributed by atoms with Gasteiger partial charge < -0.3 is 14.8 Å². The fourth-order valence-corrected chi connectivity index (χ4v) is 3.05. The maximum atomic E-state index is 12.3. The topological polar surface area (TPSA) is 47.6 Å². The first kappa shape index (κ1) is 17.0. The molecule has 1 aliphatic heterocycles. The second kappa shape index (κ2) is 7.81. The number of nitrogens with one attached hydrogen (secondary N) is 1. The summed E-state index contributed by atoms with van der Waals surface area (Å²) in [6.45, 7) is 3.36. The highest BCUT2D eigenvalue weighted by atomic mass is 79.9. The van der Waals surface area contributed by atoms with Gasteiger partial charge in [0.25, 0.3) is 5.91 Å². The van der Waals surface area contributed by atoms with Gasteiger partial charge in [-0.1, -0.05) is 17.7 Å². The fraction of sp³-hybridized carbons (Fsp3) is 0.316. The molecule has 3 rings (SSSR count). The summed E-state index contributed by atoms with van der Waals surface area (Å²) < 4.78 is 12.1. The van der Waals surface area contributed by atoms with Gasteiger partial charge in [-0.25, -0.2) is 0 Å². The Balaban J connectivity index is 1.62. The smallest absolute Gasteiger partial charge is 0.255 e. The molecule has 2 aromatic rings. The fourth-order valence-electron chi connectivity index (χ4n) is 2.56. The van der Waals surface area contributed by atoms with E-state index in [4.69, 9.17) is 9.47 Å². The second-order valence-corrected chi connectivity index (χ2v) is 6.77. The van der Waals surface area contributed by atoms with Crippen LogP contribution >= 0.6 is 15.9 Å². The van der Waals surface area contributed by atoms with Crippen molar-refractivity contribution in [2.24, 2.45) is 0 Å². The number of ether oxygens (including phenoxy) is 2. The molecular formula is C19H20BrNO3. The first-order valence-corrected chi connectivity index (χ1v) is 8.83. The predicted octanol–water partition coefficient (Wildman–Crippen LogP) is 4.57. The van der Waals surface area contributed by atoms with Crippen LogP contribution in [0, 0.1) is 6.92 Å². The van der Waals surface area contributed by atoms with E-state index in [1.807, 2.05) is 37.3 Å². The minimum atomic E-state index is -0.148. The van der Waals surface area contributed by atoms with E-state index in [0.717, 1.165) is 40.9 Å². The van der Waals surface area contributed by atoms with Crippen LogP contribution in [0.4, 0.5) is 5.69 Å². The van der Waals surface area contributed by atoms with Gasteiger partial charge in [-0.15, -0.1) is 0 Å². The van der Waals surface area contributed by atoms with Crippen molar-refractivity contribution in [2.75, 3.05) is 18.5 Å². The lowest BCUT2D eigenvalue weighted by Gasteiger charge is -2.13. The van der Waals surface area contributed by atoms with E-state index < -0.39 is 0 Å². The van der Waals surface area contributed by atoms with Crippen LogP contribution in [0.2, 0.25) is 0 Å². The quantitative estimate of drug-likeness (QED) is 0.814. The highest BCUT2D eigenvalue weighted by Crippen LogP contribution is 2.27. The van der Waals surface area contributed by atoms with Crippen LogP contribution in [0.5, 0.6) is 5.75 Å². The molecule has 1 aliphatic rings. The molecule has 1 N–H and O–H groups in total. The molecule has 0 radical (unpaired) electrons. The van der Waals surface area contributed by atoms with Gasteiger partial charge in [0.15, 0.2) is 0 Å². The van der Waals surface area contributed by atoms with E-state index in [1.54, 1.807) is 12.1 Å². The summed E-state index contributed by atoms with van der Waals surface area (Å²) in [5.74, 6) is 0.572. The number of aryl methyl sites for hydroxylation is 1. The van der Waals surface area contributed by atoms with Gasteiger partial charge in [0.2, 0.25) is 0 Å². The van der Waals surface area contributed by atoms with E-state index in [1.165, 1.54) is 0 Å². The van der Waals surface area contributed by atoms with Crippen LogP contribution in [0.3, 0.4) is 0 Å². The third-order valence-corrected chi connectivity index (χ3v) is 4.57. The Morgan fingerprint density at radius 3 is 2.75 bits per heavy atom. The molecule has 4 nitrogen and oxygen atoms in total. The molecule has 1 atom stereocenters. The number of rotatable bonds is 5. The SMILES string of the molecule is Cc1ccc(NC(=O)c2ccc(OCC3CCCO3)c(Br)c2)cc1. The minimum absolute atomic E-state index is 0.148. The molecular weight excluding hydrogens is 370 g/mol. The summed E-state index contributed by atoms with van der Waals surface area (Å²) in [5, 5.41) is 2.89. The average Bonchev–Trinajstić information content (AvgIpc) is 3.09. The molecule has 0 bridgehead atoms. The van der Waals surface area contributed by atoms with E-state index in [0.29, 0.717) is 12.2 Å². The highest BCUT2D eigenvalue weighted by molar-refractivity contribution is 9.10. The summed E-state index contributed by atoms with van der Waals surface area (Å²) in [4.78, 5) is 12.3. The van der Waals surface area contributed by atoms with Crippen LogP contribution in [0.15, 0.2) is 46.9 Å². The van der Waals surface area contributed by atoms with E-state index >= 15 is 0 Å². The van der Waals surface area contributed by atoms with Gasteiger partial charge in [-0.05, 0) is 66.0 Å². The molecule has 24 heavy (non-hydrogen) atoms. The molecule has 1 unspecified atom stereocenters. The number of hydrogen-bond donors (Lipinski definition) is 1. The van der Waals surface area contributed by atoms with Crippen LogP contribution in [-0.4, -0.2) is 25.2 Å². The van der Waals surface area contributed by atoms with Crippen LogP contribution < -0.4 is 10.1 Å². The Morgan fingerprint density at radius 1 is 1.29 bits per heavy atom. The van der Waals surface area contributed by atoms with Crippen molar-refractivity contribution >= 4 is 27.5 Å². The van der Waals surface area contributed by atoms with Crippen molar-refractivity contribution < 1.29 is 14.3 Å². The molecule has 0 spiro atoms. The third kappa shape index (κ3) is 4.36. The summed E-state index contributed by atoms with van der Waals surface area (Å²) in [5.41, 5.74) is 2.51. The second-order valence-electron chi connectivity index (χ2n) is 5.91. The summed E-state index contributed by atoms with van der Waals surface area (Å²) in [6, 6.07) is 13.1. The zero-order valence-electron chi connectivity index (χ0n) is 13.5. The summed E-state index contributed by atoms with van der Waals surface area (Å²) in [6.07, 6.45) is 2.29. The molecule has 0 aromatic heterocycles. The molecule has 1 amide bonds. The Hall–Kier alpha value is -1.85. The van der Waals surface area contributed by atoms with Gasteiger partial charge >= 0.3 is 0 Å². The average molecular weight is 390 g/mol. The molecule has 0 saturated carbocycles. The molecule has 2 aromatic carbocycles. The largest absolute Gasteiger partial charge is 0.490 e. The van der Waals surface area contributed by atoms with Crippen molar-refractivity contribution in [3.63, 3.8) is 0 Å². The third-order valence-electron chi connectivity index (χ3n) is 3.95. The lowest BCUT2D eigenvalue weighted by molar-refractivity contribution is 0.0677. The Kier molecular flexibility index (Phi) is 5.53. The first-order chi connectivity index (χ1) is 11.6.